The number of aromatic nitrogens is 2. The van der Waals surface area contributed by atoms with Crippen LogP contribution >= 0.6 is 11.8 Å². The smallest absolute Gasteiger partial charge is 0.306 e. The lowest BCUT2D eigenvalue weighted by atomic mass is 10.4. The first kappa shape index (κ1) is 12.0. The average molecular weight is 250 g/mol. The van der Waals surface area contributed by atoms with Crippen LogP contribution in [0.3, 0.4) is 0 Å². The van der Waals surface area contributed by atoms with Gasteiger partial charge in [0.2, 0.25) is 0 Å². The highest BCUT2D eigenvalue weighted by Gasteiger charge is 2.05. The summed E-state index contributed by atoms with van der Waals surface area (Å²) in [5.41, 5.74) is 1.07. The topological polar surface area (TPSA) is 43.6 Å². The molecule has 5 heteroatoms. The van der Waals surface area contributed by atoms with E-state index in [1.165, 1.54) is 0 Å². The standard InChI is InChI=1S/C12H14N2O2S/c1-2-16-12(15)6-9-17-11-4-3-8-14-10(11)5-7-13-14/h3-5,7-8H,2,6,9H2,1H3. The molecule has 0 amide bonds. The maximum Gasteiger partial charge on any atom is 0.306 e. The quantitative estimate of drug-likeness (QED) is 0.603. The zero-order valence-electron chi connectivity index (χ0n) is 9.63. The van der Waals surface area contributed by atoms with Gasteiger partial charge >= 0.3 is 5.97 Å². The van der Waals surface area contributed by atoms with Gasteiger partial charge in [0.15, 0.2) is 0 Å². The zero-order chi connectivity index (χ0) is 12.1. The lowest BCUT2D eigenvalue weighted by molar-refractivity contribution is -0.142. The van der Waals surface area contributed by atoms with Gasteiger partial charge in [-0.1, -0.05) is 0 Å². The minimum atomic E-state index is -0.138. The van der Waals surface area contributed by atoms with Gasteiger partial charge in [-0.3, -0.25) is 4.79 Å². The van der Waals surface area contributed by atoms with Gasteiger partial charge in [-0.25, -0.2) is 4.52 Å². The van der Waals surface area contributed by atoms with E-state index >= 15 is 0 Å². The minimum Gasteiger partial charge on any atom is -0.466 e. The Morgan fingerprint density at radius 2 is 2.41 bits per heavy atom. The summed E-state index contributed by atoms with van der Waals surface area (Å²) in [5.74, 6) is 0.587. The van der Waals surface area contributed by atoms with Gasteiger partial charge < -0.3 is 4.74 Å². The van der Waals surface area contributed by atoms with Crippen molar-refractivity contribution in [1.29, 1.82) is 0 Å². The van der Waals surface area contributed by atoms with E-state index in [0.29, 0.717) is 13.0 Å². The molecular formula is C12H14N2O2S. The Kier molecular flexibility index (Phi) is 4.03. The maximum atomic E-state index is 11.2. The SMILES string of the molecule is CCOC(=O)CCSc1cccn2nccc12. The molecule has 0 bridgehead atoms. The third-order valence-corrected chi connectivity index (χ3v) is 3.33. The van der Waals surface area contributed by atoms with Crippen LogP contribution in [0, 0.1) is 0 Å². The van der Waals surface area contributed by atoms with Crippen molar-refractivity contribution >= 4 is 23.2 Å². The van der Waals surface area contributed by atoms with Crippen LogP contribution in [0.4, 0.5) is 0 Å². The Balaban J connectivity index is 1.95. The summed E-state index contributed by atoms with van der Waals surface area (Å²) in [4.78, 5) is 12.3. The molecule has 0 unspecified atom stereocenters. The normalized spacial score (nSPS) is 10.6. The van der Waals surface area contributed by atoms with Crippen LogP contribution in [-0.2, 0) is 9.53 Å². The Morgan fingerprint density at radius 3 is 3.24 bits per heavy atom. The molecule has 0 aliphatic carbocycles. The van der Waals surface area contributed by atoms with E-state index in [-0.39, 0.29) is 5.97 Å². The van der Waals surface area contributed by atoms with E-state index in [9.17, 15) is 4.79 Å². The van der Waals surface area contributed by atoms with Crippen LogP contribution in [0.1, 0.15) is 13.3 Å². The lowest BCUT2D eigenvalue weighted by Gasteiger charge is -2.03. The van der Waals surface area contributed by atoms with Gasteiger partial charge in [0, 0.05) is 16.8 Å². The summed E-state index contributed by atoms with van der Waals surface area (Å²) in [7, 11) is 0. The largest absolute Gasteiger partial charge is 0.466 e. The van der Waals surface area contributed by atoms with Gasteiger partial charge in [-0.15, -0.1) is 11.8 Å². The van der Waals surface area contributed by atoms with Crippen molar-refractivity contribution in [2.45, 2.75) is 18.2 Å². The van der Waals surface area contributed by atoms with Crippen molar-refractivity contribution in [2.24, 2.45) is 0 Å². The zero-order valence-corrected chi connectivity index (χ0v) is 10.4. The van der Waals surface area contributed by atoms with E-state index in [1.54, 1.807) is 18.0 Å². The highest BCUT2D eigenvalue weighted by molar-refractivity contribution is 7.99. The van der Waals surface area contributed by atoms with Crippen molar-refractivity contribution in [3.63, 3.8) is 0 Å². The third kappa shape index (κ3) is 3.00. The molecule has 0 spiro atoms. The number of ether oxygens (including phenoxy) is 1. The molecule has 0 saturated heterocycles. The number of fused-ring (bicyclic) bond motifs is 1. The van der Waals surface area contributed by atoms with Crippen LogP contribution in [0.15, 0.2) is 35.5 Å². The molecule has 2 aromatic rings. The maximum absolute atomic E-state index is 11.2. The fourth-order valence-corrected chi connectivity index (χ4v) is 2.50. The summed E-state index contributed by atoms with van der Waals surface area (Å²) in [6.07, 6.45) is 4.11. The molecule has 17 heavy (non-hydrogen) atoms. The van der Waals surface area contributed by atoms with Crippen molar-refractivity contribution < 1.29 is 9.53 Å². The first-order chi connectivity index (χ1) is 8.31. The molecule has 0 aliphatic rings. The number of esters is 1. The summed E-state index contributed by atoms with van der Waals surface area (Å²) in [6, 6.07) is 5.95. The molecule has 0 aromatic carbocycles. The molecule has 0 radical (unpaired) electrons. The molecular weight excluding hydrogens is 236 g/mol. The second-order valence-corrected chi connectivity index (χ2v) is 4.57. The van der Waals surface area contributed by atoms with Gasteiger partial charge in [-0.2, -0.15) is 5.10 Å². The van der Waals surface area contributed by atoms with Crippen molar-refractivity contribution in [3.05, 3.63) is 30.6 Å². The Morgan fingerprint density at radius 1 is 1.53 bits per heavy atom. The number of carbonyl (C=O) groups is 1. The van der Waals surface area contributed by atoms with Crippen molar-refractivity contribution in [2.75, 3.05) is 12.4 Å². The fourth-order valence-electron chi connectivity index (χ4n) is 1.53. The van der Waals surface area contributed by atoms with E-state index in [1.807, 2.05) is 35.8 Å². The number of carbonyl (C=O) groups excluding carboxylic acids is 1. The molecule has 0 atom stereocenters. The Bertz CT molecular complexity index is 510. The van der Waals surface area contributed by atoms with Gasteiger partial charge in [0.25, 0.3) is 0 Å². The first-order valence-corrected chi connectivity index (χ1v) is 6.50. The van der Waals surface area contributed by atoms with E-state index < -0.39 is 0 Å². The summed E-state index contributed by atoms with van der Waals surface area (Å²) < 4.78 is 6.71. The number of hydrogen-bond acceptors (Lipinski definition) is 4. The highest BCUT2D eigenvalue weighted by Crippen LogP contribution is 2.23. The van der Waals surface area contributed by atoms with Crippen LogP contribution in [0.2, 0.25) is 0 Å². The highest BCUT2D eigenvalue weighted by atomic mass is 32.2. The van der Waals surface area contributed by atoms with Crippen molar-refractivity contribution in [1.82, 2.24) is 9.61 Å². The van der Waals surface area contributed by atoms with Crippen molar-refractivity contribution in [3.8, 4) is 0 Å². The number of pyridine rings is 1. The fraction of sp³-hybridized carbons (Fsp3) is 0.333. The third-order valence-electron chi connectivity index (χ3n) is 2.27. The van der Waals surface area contributed by atoms with Crippen LogP contribution in [-0.4, -0.2) is 27.9 Å². The summed E-state index contributed by atoms with van der Waals surface area (Å²) >= 11 is 1.65. The number of rotatable bonds is 5. The molecule has 0 saturated carbocycles. The Labute approximate surface area is 104 Å². The molecule has 0 N–H and O–H groups in total. The number of hydrogen-bond donors (Lipinski definition) is 0. The van der Waals surface area contributed by atoms with Gasteiger partial charge in [0.1, 0.15) is 0 Å². The van der Waals surface area contributed by atoms with Crippen LogP contribution in [0.25, 0.3) is 5.52 Å². The second-order valence-electron chi connectivity index (χ2n) is 3.44. The molecule has 2 heterocycles. The number of thioether (sulfide) groups is 1. The molecule has 4 nitrogen and oxygen atoms in total. The van der Waals surface area contributed by atoms with Crippen LogP contribution in [0.5, 0.6) is 0 Å². The molecule has 0 aliphatic heterocycles. The lowest BCUT2D eigenvalue weighted by Crippen LogP contribution is -2.04. The number of nitrogens with zero attached hydrogens (tertiary/aromatic N) is 2. The van der Waals surface area contributed by atoms with E-state index in [0.717, 1.165) is 16.2 Å². The predicted molar refractivity (Wildman–Crippen MR) is 67.2 cm³/mol. The summed E-state index contributed by atoms with van der Waals surface area (Å²) in [5, 5.41) is 4.16. The summed E-state index contributed by atoms with van der Waals surface area (Å²) in [6.45, 7) is 2.26. The monoisotopic (exact) mass is 250 g/mol. The molecule has 0 fully saturated rings. The molecule has 90 valence electrons. The molecule has 2 aromatic heterocycles. The first-order valence-electron chi connectivity index (χ1n) is 5.52. The van der Waals surface area contributed by atoms with E-state index in [4.69, 9.17) is 4.74 Å². The van der Waals surface area contributed by atoms with Gasteiger partial charge in [0.05, 0.1) is 24.7 Å². The molecule has 2 rings (SSSR count). The average Bonchev–Trinajstić information content (AvgIpc) is 2.78. The van der Waals surface area contributed by atoms with Gasteiger partial charge in [-0.05, 0) is 25.1 Å². The predicted octanol–water partition coefficient (Wildman–Crippen LogP) is 2.38. The van der Waals surface area contributed by atoms with Crippen LogP contribution < -0.4 is 0 Å². The second kappa shape index (κ2) is 5.72. The minimum absolute atomic E-state index is 0.138. The van der Waals surface area contributed by atoms with E-state index in [2.05, 4.69) is 5.10 Å². The Hall–Kier alpha value is -1.49.